The lowest BCUT2D eigenvalue weighted by Gasteiger charge is -2.11. The van der Waals surface area contributed by atoms with Gasteiger partial charge >= 0.3 is 5.97 Å². The third-order valence-corrected chi connectivity index (χ3v) is 3.65. The molecule has 4 heteroatoms. The lowest BCUT2D eigenvalue weighted by Crippen LogP contribution is -2.01. The SMILES string of the molecule is COC1=C[SH](OC(=O)c2cccc(C)c2)C=C1. The predicted molar refractivity (Wildman–Crippen MR) is 69.8 cm³/mol. The lowest BCUT2D eigenvalue weighted by molar-refractivity contribution is 0.0766. The second-order valence-electron chi connectivity index (χ2n) is 3.66. The first-order valence-corrected chi connectivity index (χ1v) is 6.60. The van der Waals surface area contributed by atoms with Crippen molar-refractivity contribution < 1.29 is 13.7 Å². The van der Waals surface area contributed by atoms with E-state index in [4.69, 9.17) is 8.92 Å². The van der Waals surface area contributed by atoms with Crippen LogP contribution < -0.4 is 0 Å². The number of benzene rings is 1. The second-order valence-corrected chi connectivity index (χ2v) is 5.12. The molecular weight excluding hydrogens is 236 g/mol. The molecule has 1 heterocycles. The van der Waals surface area contributed by atoms with Crippen LogP contribution in [0.1, 0.15) is 15.9 Å². The average molecular weight is 250 g/mol. The van der Waals surface area contributed by atoms with Gasteiger partial charge in [-0.2, -0.15) is 0 Å². The zero-order valence-electron chi connectivity index (χ0n) is 9.71. The van der Waals surface area contributed by atoms with Gasteiger partial charge in [0, 0.05) is 5.41 Å². The van der Waals surface area contributed by atoms with Gasteiger partial charge < -0.3 is 8.92 Å². The Kier molecular flexibility index (Phi) is 3.54. The normalized spacial score (nSPS) is 19.9. The maximum atomic E-state index is 11.8. The standard InChI is InChI=1S/C13H14O3S/c1-10-4-3-5-11(8-10)13(14)16-17-7-6-12(9-17)15-2/h3-9,17H,1-2H3. The Morgan fingerprint density at radius 2 is 2.18 bits per heavy atom. The molecule has 0 saturated heterocycles. The van der Waals surface area contributed by atoms with Crippen molar-refractivity contribution in [3.8, 4) is 0 Å². The van der Waals surface area contributed by atoms with Crippen molar-refractivity contribution in [1.82, 2.24) is 0 Å². The molecule has 0 aliphatic carbocycles. The number of ether oxygens (including phenoxy) is 1. The molecule has 0 fully saturated rings. The molecule has 1 aromatic rings. The summed E-state index contributed by atoms with van der Waals surface area (Å²) in [5, 5.41) is 3.67. The van der Waals surface area contributed by atoms with Gasteiger partial charge in [-0.3, -0.25) is 0 Å². The Morgan fingerprint density at radius 3 is 2.82 bits per heavy atom. The zero-order chi connectivity index (χ0) is 12.3. The van der Waals surface area contributed by atoms with Gasteiger partial charge in [-0.05, 0) is 30.5 Å². The minimum Gasteiger partial charge on any atom is -0.496 e. The topological polar surface area (TPSA) is 35.5 Å². The van der Waals surface area contributed by atoms with Crippen LogP contribution in [0.15, 0.2) is 46.9 Å². The van der Waals surface area contributed by atoms with Crippen LogP contribution in [0, 0.1) is 6.92 Å². The van der Waals surface area contributed by atoms with Crippen LogP contribution in [0.25, 0.3) is 0 Å². The number of carbonyl (C=O) groups is 1. The van der Waals surface area contributed by atoms with Crippen LogP contribution in [0.5, 0.6) is 0 Å². The molecule has 0 spiro atoms. The number of thiol groups is 1. The van der Waals surface area contributed by atoms with E-state index >= 15 is 0 Å². The summed E-state index contributed by atoms with van der Waals surface area (Å²) in [6.45, 7) is 1.94. The number of hydrogen-bond donors (Lipinski definition) is 1. The zero-order valence-corrected chi connectivity index (χ0v) is 10.6. The maximum absolute atomic E-state index is 11.8. The van der Waals surface area contributed by atoms with Gasteiger partial charge in [-0.25, -0.2) is 4.79 Å². The Morgan fingerprint density at radius 1 is 1.35 bits per heavy atom. The van der Waals surface area contributed by atoms with E-state index in [9.17, 15) is 4.79 Å². The summed E-state index contributed by atoms with van der Waals surface area (Å²) in [7, 11) is 1.59. The molecule has 0 saturated carbocycles. The maximum Gasteiger partial charge on any atom is 0.348 e. The second kappa shape index (κ2) is 5.10. The van der Waals surface area contributed by atoms with Crippen LogP contribution in [0.4, 0.5) is 0 Å². The number of allylic oxidation sites excluding steroid dienone is 1. The first-order valence-electron chi connectivity index (χ1n) is 5.20. The summed E-state index contributed by atoms with van der Waals surface area (Å²) in [6, 6.07) is 7.37. The summed E-state index contributed by atoms with van der Waals surface area (Å²) in [4.78, 5) is 11.8. The van der Waals surface area contributed by atoms with Gasteiger partial charge in [0.05, 0.1) is 12.7 Å². The van der Waals surface area contributed by atoms with E-state index in [2.05, 4.69) is 0 Å². The van der Waals surface area contributed by atoms with Gasteiger partial charge in [-0.15, -0.1) is 0 Å². The molecule has 1 aliphatic heterocycles. The molecule has 0 N–H and O–H groups in total. The fourth-order valence-electron chi connectivity index (χ4n) is 1.46. The van der Waals surface area contributed by atoms with E-state index in [0.717, 1.165) is 11.3 Å². The first kappa shape index (κ1) is 11.8. The van der Waals surface area contributed by atoms with E-state index in [1.54, 1.807) is 13.2 Å². The van der Waals surface area contributed by atoms with Crippen molar-refractivity contribution in [3.05, 3.63) is 58.0 Å². The average Bonchev–Trinajstić information content (AvgIpc) is 2.77. The highest BCUT2D eigenvalue weighted by atomic mass is 32.2. The van der Waals surface area contributed by atoms with E-state index in [0.29, 0.717) is 5.56 Å². The van der Waals surface area contributed by atoms with Crippen molar-refractivity contribution in [1.29, 1.82) is 0 Å². The third-order valence-electron chi connectivity index (χ3n) is 2.32. The van der Waals surface area contributed by atoms with E-state index in [-0.39, 0.29) is 5.97 Å². The number of hydrogen-bond acceptors (Lipinski definition) is 3. The van der Waals surface area contributed by atoms with Gasteiger partial charge in [0.1, 0.15) is 5.76 Å². The number of methoxy groups -OCH3 is 1. The van der Waals surface area contributed by atoms with Crippen LogP contribution in [-0.4, -0.2) is 13.1 Å². The van der Waals surface area contributed by atoms with Gasteiger partial charge in [0.25, 0.3) is 0 Å². The minimum absolute atomic E-state index is 0.293. The molecule has 0 bridgehead atoms. The molecule has 3 nitrogen and oxygen atoms in total. The number of aryl methyl sites for hydroxylation is 1. The molecule has 2 rings (SSSR count). The van der Waals surface area contributed by atoms with E-state index in [1.807, 2.05) is 42.0 Å². The third kappa shape index (κ3) is 2.91. The molecule has 1 aliphatic rings. The lowest BCUT2D eigenvalue weighted by atomic mass is 10.1. The molecule has 90 valence electrons. The fourth-order valence-corrected chi connectivity index (χ4v) is 2.69. The van der Waals surface area contributed by atoms with Crippen LogP contribution in [0.2, 0.25) is 0 Å². The first-order chi connectivity index (χ1) is 8.19. The number of rotatable bonds is 3. The molecule has 1 unspecified atom stereocenters. The molecule has 0 radical (unpaired) electrons. The largest absolute Gasteiger partial charge is 0.496 e. The molecule has 1 atom stereocenters. The van der Waals surface area contributed by atoms with Crippen molar-refractivity contribution in [3.63, 3.8) is 0 Å². The number of carbonyl (C=O) groups excluding carboxylic acids is 1. The Labute approximate surface area is 103 Å². The van der Waals surface area contributed by atoms with Crippen molar-refractivity contribution in [2.24, 2.45) is 0 Å². The monoisotopic (exact) mass is 250 g/mol. The highest BCUT2D eigenvalue weighted by Crippen LogP contribution is 2.38. The smallest absolute Gasteiger partial charge is 0.348 e. The van der Waals surface area contributed by atoms with Crippen LogP contribution in [-0.2, 0) is 8.92 Å². The summed E-state index contributed by atoms with van der Waals surface area (Å²) in [5.74, 6) is 0.450. The Balaban J connectivity index is 2.04. The van der Waals surface area contributed by atoms with Crippen molar-refractivity contribution in [2.75, 3.05) is 7.11 Å². The molecule has 0 aromatic heterocycles. The predicted octanol–water partition coefficient (Wildman–Crippen LogP) is 3.08. The Hall–Kier alpha value is -1.68. The Bertz CT molecular complexity index is 491. The van der Waals surface area contributed by atoms with Crippen molar-refractivity contribution in [2.45, 2.75) is 6.92 Å². The summed E-state index contributed by atoms with van der Waals surface area (Å²) < 4.78 is 10.4. The molecule has 0 amide bonds. The van der Waals surface area contributed by atoms with E-state index in [1.165, 1.54) is 0 Å². The highest BCUT2D eigenvalue weighted by Gasteiger charge is 2.13. The van der Waals surface area contributed by atoms with Gasteiger partial charge in [0.2, 0.25) is 0 Å². The van der Waals surface area contributed by atoms with Gasteiger partial charge in [0.15, 0.2) is 0 Å². The van der Waals surface area contributed by atoms with Gasteiger partial charge in [-0.1, -0.05) is 28.9 Å². The molecular formula is C13H14O3S. The summed E-state index contributed by atoms with van der Waals surface area (Å²) >= 11 is -0.980. The summed E-state index contributed by atoms with van der Waals surface area (Å²) in [5.41, 5.74) is 1.63. The summed E-state index contributed by atoms with van der Waals surface area (Å²) in [6.07, 6.45) is 1.81. The molecule has 17 heavy (non-hydrogen) atoms. The van der Waals surface area contributed by atoms with Crippen molar-refractivity contribution >= 4 is 17.1 Å². The van der Waals surface area contributed by atoms with Crippen LogP contribution >= 0.6 is 11.2 Å². The molecule has 1 aromatic carbocycles. The minimum atomic E-state index is -0.980. The van der Waals surface area contributed by atoms with E-state index < -0.39 is 11.2 Å². The fraction of sp³-hybridized carbons (Fsp3) is 0.154. The van der Waals surface area contributed by atoms with Crippen LogP contribution in [0.3, 0.4) is 0 Å². The quantitative estimate of drug-likeness (QED) is 0.837. The highest BCUT2D eigenvalue weighted by molar-refractivity contribution is 8.18.